The minimum absolute atomic E-state index is 0.0864. The van der Waals surface area contributed by atoms with Gasteiger partial charge in [-0.2, -0.15) is 0 Å². The molecule has 2 rings (SSSR count). The van der Waals surface area contributed by atoms with Crippen LogP contribution in [0.25, 0.3) is 0 Å². The van der Waals surface area contributed by atoms with Gasteiger partial charge in [-0.3, -0.25) is 4.79 Å². The van der Waals surface area contributed by atoms with Crippen molar-refractivity contribution in [3.63, 3.8) is 0 Å². The second kappa shape index (κ2) is 9.34. The first-order chi connectivity index (χ1) is 13.1. The number of alkyl carbamates (subject to hydrolysis) is 1. The molecule has 1 saturated heterocycles. The first-order valence-corrected chi connectivity index (χ1v) is 9.35. The molecule has 1 aliphatic rings. The Bertz CT molecular complexity index is 666. The predicted molar refractivity (Wildman–Crippen MR) is 101 cm³/mol. The second-order valence-corrected chi connectivity index (χ2v) is 7.88. The van der Waals surface area contributed by atoms with Crippen molar-refractivity contribution in [2.75, 3.05) is 20.2 Å². The Morgan fingerprint density at radius 3 is 2.29 bits per heavy atom. The van der Waals surface area contributed by atoms with Gasteiger partial charge in [-0.05, 0) is 51.3 Å². The Labute approximate surface area is 164 Å². The highest BCUT2D eigenvalue weighted by Gasteiger charge is 2.35. The van der Waals surface area contributed by atoms with Crippen LogP contribution < -0.4 is 5.32 Å². The summed E-state index contributed by atoms with van der Waals surface area (Å²) >= 11 is 0. The van der Waals surface area contributed by atoms with E-state index in [0.717, 1.165) is 0 Å². The molecule has 2 amide bonds. The molecular formula is C20H29FN2O5. The van der Waals surface area contributed by atoms with E-state index in [0.29, 0.717) is 31.5 Å². The third-order valence-corrected chi connectivity index (χ3v) is 4.55. The summed E-state index contributed by atoms with van der Waals surface area (Å²) in [4.78, 5) is 26.9. The number of rotatable bonds is 5. The molecule has 0 bridgehead atoms. The van der Waals surface area contributed by atoms with E-state index in [1.54, 1.807) is 32.8 Å². The van der Waals surface area contributed by atoms with Crippen molar-refractivity contribution in [3.05, 3.63) is 35.6 Å². The lowest BCUT2D eigenvalue weighted by Gasteiger charge is -2.35. The largest absolute Gasteiger partial charge is 0.444 e. The van der Waals surface area contributed by atoms with Crippen LogP contribution in [0.15, 0.2) is 24.3 Å². The number of halogens is 1. The first-order valence-electron chi connectivity index (χ1n) is 9.35. The Kier molecular flexibility index (Phi) is 7.37. The van der Waals surface area contributed by atoms with Gasteiger partial charge in [0.1, 0.15) is 23.6 Å². The van der Waals surface area contributed by atoms with E-state index in [4.69, 9.17) is 9.47 Å². The fourth-order valence-corrected chi connectivity index (χ4v) is 3.07. The zero-order valence-electron chi connectivity index (χ0n) is 16.8. The number of aliphatic hydroxyl groups excluding tert-OH is 1. The summed E-state index contributed by atoms with van der Waals surface area (Å²) in [7, 11) is 1.63. The van der Waals surface area contributed by atoms with E-state index in [1.165, 1.54) is 24.3 Å². The van der Waals surface area contributed by atoms with Gasteiger partial charge in [0.2, 0.25) is 5.91 Å². The summed E-state index contributed by atoms with van der Waals surface area (Å²) in [5, 5.41) is 13.2. The van der Waals surface area contributed by atoms with Crippen LogP contribution >= 0.6 is 0 Å². The summed E-state index contributed by atoms with van der Waals surface area (Å²) in [5.41, 5.74) is -0.433. The van der Waals surface area contributed by atoms with Crippen LogP contribution in [-0.4, -0.2) is 60.0 Å². The smallest absolute Gasteiger partial charge is 0.408 e. The summed E-state index contributed by atoms with van der Waals surface area (Å²) in [6.07, 6.45) is -0.717. The average molecular weight is 396 g/mol. The van der Waals surface area contributed by atoms with Crippen molar-refractivity contribution in [3.8, 4) is 0 Å². The van der Waals surface area contributed by atoms with E-state index in [1.807, 2.05) is 0 Å². The number of carbonyl (C=O) groups is 2. The van der Waals surface area contributed by atoms with Crippen LogP contribution in [0.4, 0.5) is 9.18 Å². The molecule has 0 saturated carbocycles. The maximum Gasteiger partial charge on any atom is 0.408 e. The second-order valence-electron chi connectivity index (χ2n) is 7.88. The third-order valence-electron chi connectivity index (χ3n) is 4.55. The normalized spacial score (nSPS) is 17.7. The minimum atomic E-state index is -1.35. The molecule has 2 atom stereocenters. The SMILES string of the molecule is COC1CCN(C(=O)C(NC(=O)OC(C)(C)C)C(O)c2ccc(F)cc2)CC1. The number of hydrogen-bond donors (Lipinski definition) is 2. The monoisotopic (exact) mass is 396 g/mol. The molecule has 0 spiro atoms. The minimum Gasteiger partial charge on any atom is -0.444 e. The van der Waals surface area contributed by atoms with E-state index in [-0.39, 0.29) is 6.10 Å². The van der Waals surface area contributed by atoms with Crippen molar-refractivity contribution in [2.24, 2.45) is 0 Å². The average Bonchev–Trinajstić information content (AvgIpc) is 2.64. The van der Waals surface area contributed by atoms with Gasteiger partial charge in [0.05, 0.1) is 6.10 Å². The summed E-state index contributed by atoms with van der Waals surface area (Å²) < 4.78 is 23.8. The molecule has 0 aromatic heterocycles. The molecule has 0 radical (unpaired) electrons. The lowest BCUT2D eigenvalue weighted by molar-refractivity contribution is -0.138. The molecule has 156 valence electrons. The van der Waals surface area contributed by atoms with E-state index >= 15 is 0 Å². The number of amides is 2. The number of hydrogen-bond acceptors (Lipinski definition) is 5. The van der Waals surface area contributed by atoms with Crippen molar-refractivity contribution in [1.82, 2.24) is 10.2 Å². The zero-order valence-corrected chi connectivity index (χ0v) is 16.8. The van der Waals surface area contributed by atoms with Crippen LogP contribution in [0, 0.1) is 5.82 Å². The van der Waals surface area contributed by atoms with Gasteiger partial charge < -0.3 is 24.8 Å². The molecule has 2 N–H and O–H groups in total. The summed E-state index contributed by atoms with van der Waals surface area (Å²) in [6, 6.07) is 3.90. The summed E-state index contributed by atoms with van der Waals surface area (Å²) in [6.45, 7) is 6.03. The molecule has 7 nitrogen and oxygen atoms in total. The standard InChI is InChI=1S/C20H29FN2O5/c1-20(2,3)28-19(26)22-16(17(24)13-5-7-14(21)8-6-13)18(25)23-11-9-15(27-4)10-12-23/h5-8,15-17,24H,9-12H2,1-4H3,(H,22,26). The summed E-state index contributed by atoms with van der Waals surface area (Å²) in [5.74, 6) is -0.877. The molecule has 1 aliphatic heterocycles. The third kappa shape index (κ3) is 6.17. The number of likely N-dealkylation sites (tertiary alicyclic amines) is 1. The number of benzene rings is 1. The molecule has 1 heterocycles. The fourth-order valence-electron chi connectivity index (χ4n) is 3.07. The number of nitrogens with zero attached hydrogens (tertiary/aromatic N) is 1. The van der Waals surface area contributed by atoms with Crippen LogP contribution in [0.2, 0.25) is 0 Å². The van der Waals surface area contributed by atoms with Gasteiger partial charge >= 0.3 is 6.09 Å². The number of carbonyl (C=O) groups excluding carboxylic acids is 2. The molecule has 1 fully saturated rings. The Morgan fingerprint density at radius 1 is 1.21 bits per heavy atom. The molecule has 1 aromatic rings. The fraction of sp³-hybridized carbons (Fsp3) is 0.600. The predicted octanol–water partition coefficient (Wildman–Crippen LogP) is 2.39. The number of nitrogens with one attached hydrogen (secondary N) is 1. The number of ether oxygens (including phenoxy) is 2. The quantitative estimate of drug-likeness (QED) is 0.798. The van der Waals surface area contributed by atoms with Gasteiger partial charge in [0.15, 0.2) is 0 Å². The van der Waals surface area contributed by atoms with Gasteiger partial charge in [-0.25, -0.2) is 9.18 Å². The molecule has 1 aromatic carbocycles. The molecular weight excluding hydrogens is 367 g/mol. The Morgan fingerprint density at radius 2 is 1.79 bits per heavy atom. The van der Waals surface area contributed by atoms with Gasteiger partial charge in [-0.15, -0.1) is 0 Å². The molecule has 28 heavy (non-hydrogen) atoms. The van der Waals surface area contributed by atoms with Gasteiger partial charge in [-0.1, -0.05) is 12.1 Å². The number of methoxy groups -OCH3 is 1. The highest BCUT2D eigenvalue weighted by atomic mass is 19.1. The van der Waals surface area contributed by atoms with E-state index in [2.05, 4.69) is 5.32 Å². The lowest BCUT2D eigenvalue weighted by Crippen LogP contribution is -2.54. The highest BCUT2D eigenvalue weighted by molar-refractivity contribution is 5.86. The van der Waals surface area contributed by atoms with E-state index in [9.17, 15) is 19.1 Å². The highest BCUT2D eigenvalue weighted by Crippen LogP contribution is 2.22. The number of aliphatic hydroxyl groups is 1. The van der Waals surface area contributed by atoms with Crippen molar-refractivity contribution >= 4 is 12.0 Å². The van der Waals surface area contributed by atoms with Crippen LogP contribution in [0.1, 0.15) is 45.3 Å². The Hall–Kier alpha value is -2.19. The van der Waals surface area contributed by atoms with Crippen molar-refractivity contribution in [2.45, 2.75) is 57.5 Å². The maximum atomic E-state index is 13.2. The molecule has 0 aliphatic carbocycles. The van der Waals surface area contributed by atoms with Gasteiger partial charge in [0, 0.05) is 20.2 Å². The first kappa shape index (κ1) is 22.1. The van der Waals surface area contributed by atoms with Crippen molar-refractivity contribution in [1.29, 1.82) is 0 Å². The van der Waals surface area contributed by atoms with Crippen LogP contribution in [-0.2, 0) is 14.3 Å². The maximum absolute atomic E-state index is 13.2. The van der Waals surface area contributed by atoms with Crippen LogP contribution in [0.3, 0.4) is 0 Å². The van der Waals surface area contributed by atoms with Gasteiger partial charge in [0.25, 0.3) is 0 Å². The van der Waals surface area contributed by atoms with E-state index < -0.39 is 35.6 Å². The van der Waals surface area contributed by atoms with Crippen LogP contribution in [0.5, 0.6) is 0 Å². The molecule has 8 heteroatoms. The molecule has 2 unspecified atom stereocenters. The van der Waals surface area contributed by atoms with Crippen molar-refractivity contribution < 1.29 is 28.6 Å². The Balaban J connectivity index is 2.18. The lowest BCUT2D eigenvalue weighted by atomic mass is 9.99. The zero-order chi connectivity index (χ0) is 20.9. The topological polar surface area (TPSA) is 88.1 Å². The number of piperidine rings is 1.